The summed E-state index contributed by atoms with van der Waals surface area (Å²) in [4.78, 5) is 47.2. The summed E-state index contributed by atoms with van der Waals surface area (Å²) in [6.07, 6.45) is 23.1. The zero-order valence-electron chi connectivity index (χ0n) is 47.5. The van der Waals surface area contributed by atoms with Gasteiger partial charge in [-0.3, -0.25) is 0 Å². The molecule has 0 bridgehead atoms. The molecule has 0 saturated carbocycles. The minimum Gasteiger partial charge on any atom is -0.444 e. The van der Waals surface area contributed by atoms with Gasteiger partial charge < -0.3 is 53.3 Å². The highest BCUT2D eigenvalue weighted by atomic mass is 35.5. The summed E-state index contributed by atoms with van der Waals surface area (Å²) in [5.41, 5.74) is -0.623. The molecule has 0 unspecified atom stereocenters. The van der Waals surface area contributed by atoms with Gasteiger partial charge in [0.2, 0.25) is 0 Å². The number of hydrogen-bond donors (Lipinski definition) is 1. The van der Waals surface area contributed by atoms with E-state index in [2.05, 4.69) is 60.8 Å². The molecule has 0 atom stereocenters. The molecule has 3 spiro atoms. The van der Waals surface area contributed by atoms with Gasteiger partial charge in [0, 0.05) is 78.4 Å². The van der Waals surface area contributed by atoms with E-state index in [4.69, 9.17) is 29.9 Å². The molecule has 1 N–H and O–H groups in total. The first-order valence-corrected chi connectivity index (χ1v) is 27.6. The topological polar surface area (TPSA) is 126 Å². The monoisotopic (exact) mass is 1060 g/mol. The Labute approximate surface area is 458 Å². The predicted molar refractivity (Wildman–Crippen MR) is 306 cm³/mol. The Morgan fingerprint density at radius 1 is 0.581 bits per heavy atom. The number of carbonyl (C=O) groups is 3. The van der Waals surface area contributed by atoms with Crippen LogP contribution in [-0.2, 0) is 23.5 Å². The standard InChI is InChI=1S/C24H43BN2O4.C18H30N2O2.C14H26N2O2.2CH4.ClH/c1-21(2,3)29-20(28)27-17-12-24(13-18-27)11-10-16-26(19-24)15-9-8-14-25-30-22(4,5)23(6,7)31-25;1-5-6-11-19-12-7-8-18(15-19)9-13-20(14-10-18)16(21)22-17(2,3)4;1-13(2,3)18-12(17)16-9-6-14(7-10-16)5-4-8-15-11-14;;;/h8,14H,9-13,15-19H2,1-7H3;1H,6-15H2,2-4H3;15H,4-11H2,1-3H3;2*1H4;1H/b14-8+;;;;;. The van der Waals surface area contributed by atoms with Crippen molar-refractivity contribution in [2.75, 3.05) is 91.6 Å². The van der Waals surface area contributed by atoms with E-state index in [9.17, 15) is 14.4 Å². The van der Waals surface area contributed by atoms with E-state index in [1.165, 1.54) is 51.6 Å². The van der Waals surface area contributed by atoms with E-state index in [-0.39, 0.29) is 63.9 Å². The Morgan fingerprint density at radius 2 is 0.946 bits per heavy atom. The van der Waals surface area contributed by atoms with Crippen LogP contribution in [0.2, 0.25) is 0 Å². The molecule has 0 aliphatic carbocycles. The average Bonchev–Trinajstić information content (AvgIpc) is 3.48. The van der Waals surface area contributed by atoms with E-state index in [0.717, 1.165) is 130 Å². The number of rotatable bonds is 6. The molecule has 428 valence electrons. The molecule has 7 saturated heterocycles. The molecule has 0 aromatic carbocycles. The molecule has 7 aliphatic heterocycles. The van der Waals surface area contributed by atoms with Gasteiger partial charge in [-0.25, -0.2) is 14.4 Å². The van der Waals surface area contributed by atoms with Crippen LogP contribution in [-0.4, -0.2) is 170 Å². The van der Waals surface area contributed by atoms with Crippen molar-refractivity contribution in [3.05, 3.63) is 12.1 Å². The van der Waals surface area contributed by atoms with E-state index in [1.807, 2.05) is 77.0 Å². The van der Waals surface area contributed by atoms with E-state index in [1.54, 1.807) is 0 Å². The van der Waals surface area contributed by atoms with Crippen molar-refractivity contribution in [1.29, 1.82) is 0 Å². The first-order chi connectivity index (χ1) is 33.0. The van der Waals surface area contributed by atoms with Crippen LogP contribution in [0.15, 0.2) is 12.1 Å². The average molecular weight is 1060 g/mol. The van der Waals surface area contributed by atoms with Crippen molar-refractivity contribution >= 4 is 37.8 Å². The number of nitrogens with one attached hydrogen (secondary N) is 1. The first-order valence-electron chi connectivity index (χ1n) is 27.6. The smallest absolute Gasteiger partial charge is 0.444 e. The van der Waals surface area contributed by atoms with Gasteiger partial charge in [-0.15, -0.1) is 24.8 Å². The molecular formula is C58H108BClN6O8. The lowest BCUT2D eigenvalue weighted by molar-refractivity contribution is -0.00675. The van der Waals surface area contributed by atoms with Gasteiger partial charge in [0.1, 0.15) is 16.8 Å². The largest absolute Gasteiger partial charge is 0.486 e. The fourth-order valence-corrected chi connectivity index (χ4v) is 11.4. The van der Waals surface area contributed by atoms with Gasteiger partial charge in [-0.2, -0.15) is 0 Å². The Morgan fingerprint density at radius 3 is 1.30 bits per heavy atom. The second-order valence-corrected chi connectivity index (χ2v) is 26.2. The molecule has 7 heterocycles. The van der Waals surface area contributed by atoms with Crippen LogP contribution < -0.4 is 5.32 Å². The zero-order chi connectivity index (χ0) is 52.4. The van der Waals surface area contributed by atoms with Gasteiger partial charge in [0.25, 0.3) is 0 Å². The summed E-state index contributed by atoms with van der Waals surface area (Å²) in [6.45, 7) is 39.5. The molecule has 0 radical (unpaired) electrons. The Kier molecular flexibility index (Phi) is 25.7. The number of hydrogen-bond acceptors (Lipinski definition) is 11. The number of nitrogens with zero attached hydrogens (tertiary/aromatic N) is 5. The van der Waals surface area contributed by atoms with E-state index in [0.29, 0.717) is 16.2 Å². The molecular weight excluding hydrogens is 955 g/mol. The minimum atomic E-state index is -0.429. The number of terminal acetylenes is 1. The van der Waals surface area contributed by atoms with Crippen LogP contribution in [0.4, 0.5) is 14.4 Å². The Bertz CT molecular complexity index is 1770. The van der Waals surface area contributed by atoms with Gasteiger partial charge in [0.05, 0.1) is 11.2 Å². The number of ether oxygens (including phenoxy) is 3. The van der Waals surface area contributed by atoms with Crippen molar-refractivity contribution < 1.29 is 37.9 Å². The quantitative estimate of drug-likeness (QED) is 0.155. The van der Waals surface area contributed by atoms with Crippen LogP contribution in [0.3, 0.4) is 0 Å². The third-order valence-corrected chi connectivity index (χ3v) is 16.2. The summed E-state index contributed by atoms with van der Waals surface area (Å²) in [5.74, 6) is 4.80. The second kappa shape index (κ2) is 28.2. The number of carbonyl (C=O) groups excluding carboxylic acids is 3. The third kappa shape index (κ3) is 20.9. The van der Waals surface area contributed by atoms with Crippen LogP contribution in [0.1, 0.15) is 195 Å². The normalized spacial score (nSPS) is 23.4. The maximum absolute atomic E-state index is 12.4. The third-order valence-electron chi connectivity index (χ3n) is 16.2. The predicted octanol–water partition coefficient (Wildman–Crippen LogP) is 11.9. The molecule has 0 aromatic rings. The maximum Gasteiger partial charge on any atom is 0.486 e. The summed E-state index contributed by atoms with van der Waals surface area (Å²) in [5, 5.41) is 3.49. The molecule has 7 rings (SSSR count). The van der Waals surface area contributed by atoms with Crippen molar-refractivity contribution in [1.82, 2.24) is 29.8 Å². The molecule has 74 heavy (non-hydrogen) atoms. The fraction of sp³-hybridized carbons (Fsp3) is 0.879. The highest BCUT2D eigenvalue weighted by molar-refractivity contribution is 6.51. The van der Waals surface area contributed by atoms with E-state index >= 15 is 0 Å². The van der Waals surface area contributed by atoms with Crippen molar-refractivity contribution in [3.8, 4) is 12.3 Å². The minimum absolute atomic E-state index is 0. The lowest BCUT2D eigenvalue weighted by atomic mass is 9.72. The van der Waals surface area contributed by atoms with Crippen LogP contribution in [0.25, 0.3) is 0 Å². The molecule has 3 amide bonds. The summed E-state index contributed by atoms with van der Waals surface area (Å²) >= 11 is 0. The Balaban J connectivity index is 0.000000387. The highest BCUT2D eigenvalue weighted by Crippen LogP contribution is 2.42. The van der Waals surface area contributed by atoms with Gasteiger partial charge >= 0.3 is 25.4 Å². The first kappa shape index (κ1) is 67.4. The maximum atomic E-state index is 12.4. The summed E-state index contributed by atoms with van der Waals surface area (Å²) in [6, 6.07) is 0. The highest BCUT2D eigenvalue weighted by Gasteiger charge is 2.50. The van der Waals surface area contributed by atoms with Crippen molar-refractivity contribution in [3.63, 3.8) is 0 Å². The Hall–Kier alpha value is -2.74. The fourth-order valence-electron chi connectivity index (χ4n) is 11.4. The van der Waals surface area contributed by atoms with Gasteiger partial charge in [0.15, 0.2) is 0 Å². The van der Waals surface area contributed by atoms with Gasteiger partial charge in [-0.1, -0.05) is 26.9 Å². The second-order valence-electron chi connectivity index (χ2n) is 26.2. The van der Waals surface area contributed by atoms with E-state index < -0.39 is 16.8 Å². The number of piperidine rings is 6. The van der Waals surface area contributed by atoms with Crippen LogP contribution in [0, 0.1) is 28.6 Å². The molecule has 0 aromatic heterocycles. The SMILES string of the molecule is C.C.C#CCCN1CCCC2(CCN(C(=O)OC(C)(C)C)CC2)C1.CC(C)(C)OC(=O)N1CCC2(CCCN(CC/C=C/B3OC(C)(C)C(C)(C)O3)C2)CC1.CC(C)(C)OC(=O)N1CCC2(CCCNC2)CC1.Cl. The number of likely N-dealkylation sites (tertiary alicyclic amines) is 5. The molecule has 14 nitrogen and oxygen atoms in total. The summed E-state index contributed by atoms with van der Waals surface area (Å²) in [7, 11) is -0.255. The number of halogens is 1. The lowest BCUT2D eigenvalue weighted by Crippen LogP contribution is -2.51. The van der Waals surface area contributed by atoms with Crippen LogP contribution >= 0.6 is 12.4 Å². The number of amides is 3. The molecule has 7 aliphatic rings. The zero-order valence-corrected chi connectivity index (χ0v) is 48.3. The summed E-state index contributed by atoms with van der Waals surface area (Å²) < 4.78 is 28.5. The van der Waals surface area contributed by atoms with Crippen molar-refractivity contribution in [2.45, 2.75) is 223 Å². The van der Waals surface area contributed by atoms with Crippen molar-refractivity contribution in [2.24, 2.45) is 16.2 Å². The molecule has 7 fully saturated rings. The molecule has 16 heteroatoms. The van der Waals surface area contributed by atoms with Gasteiger partial charge in [-0.05, 0) is 209 Å². The van der Waals surface area contributed by atoms with Crippen LogP contribution in [0.5, 0.6) is 0 Å². The lowest BCUT2D eigenvalue weighted by Gasteiger charge is -2.47.